The molecule has 0 aliphatic heterocycles. The van der Waals surface area contributed by atoms with E-state index in [1.54, 1.807) is 12.1 Å². The number of carbonyl (C=O) groups excluding carboxylic acids is 1. The molecule has 0 saturated heterocycles. The van der Waals surface area contributed by atoms with E-state index in [0.717, 1.165) is 11.1 Å². The summed E-state index contributed by atoms with van der Waals surface area (Å²) < 4.78 is 5.72. The number of nitrogens with zero attached hydrogens (tertiary/aromatic N) is 1. The molecule has 4 N–H and O–H groups in total. The molecule has 0 radical (unpaired) electrons. The first-order valence-electron chi connectivity index (χ1n) is 7.29. The second-order valence-electron chi connectivity index (χ2n) is 5.09. The van der Waals surface area contributed by atoms with Crippen molar-refractivity contribution < 1.29 is 9.53 Å². The summed E-state index contributed by atoms with van der Waals surface area (Å²) in [7, 11) is 0. The summed E-state index contributed by atoms with van der Waals surface area (Å²) in [4.78, 5) is 12.8. The average molecular weight is 334 g/mol. The average Bonchev–Trinajstić information content (AvgIpc) is 2.54. The van der Waals surface area contributed by atoms with Crippen molar-refractivity contribution >= 4 is 17.6 Å². The second-order valence-corrected chi connectivity index (χ2v) is 5.49. The van der Waals surface area contributed by atoms with Crippen LogP contribution in [0.1, 0.15) is 11.1 Å². The lowest BCUT2D eigenvalue weighted by atomic mass is 10.2. The van der Waals surface area contributed by atoms with Crippen LogP contribution >= 0.6 is 11.6 Å². The minimum atomic E-state index is -0.504. The summed E-state index contributed by atoms with van der Waals surface area (Å²) in [6.45, 7) is 1.57. The number of halogens is 1. The lowest BCUT2D eigenvalue weighted by molar-refractivity contribution is 0.206. The van der Waals surface area contributed by atoms with Crippen molar-refractivity contribution in [3.63, 3.8) is 0 Å². The predicted octanol–water partition coefficient (Wildman–Crippen LogP) is 2.76. The highest BCUT2D eigenvalue weighted by molar-refractivity contribution is 6.32. The van der Waals surface area contributed by atoms with E-state index in [4.69, 9.17) is 27.8 Å². The predicted molar refractivity (Wildman–Crippen MR) is 91.3 cm³/mol. The van der Waals surface area contributed by atoms with Crippen molar-refractivity contribution in [3.8, 4) is 5.75 Å². The molecule has 0 unspecified atom stereocenters. The van der Waals surface area contributed by atoms with Crippen LogP contribution in [0.5, 0.6) is 5.75 Å². The maximum atomic E-state index is 11.3. The zero-order chi connectivity index (χ0) is 16.7. The molecular weight excluding hydrogens is 314 g/mol. The number of amides is 2. The number of hydrogen-bond acceptors (Lipinski definition) is 3. The summed E-state index contributed by atoms with van der Waals surface area (Å²) in [6.07, 6.45) is 0. The molecule has 2 amide bonds. The molecule has 0 aliphatic rings. The van der Waals surface area contributed by atoms with Gasteiger partial charge in [-0.1, -0.05) is 48.0 Å². The fraction of sp³-hybridized carbons (Fsp3) is 0.235. The number of rotatable bonds is 7. The highest BCUT2D eigenvalue weighted by Gasteiger charge is 2.11. The van der Waals surface area contributed by atoms with Gasteiger partial charge in [-0.25, -0.2) is 4.79 Å². The Kier molecular flexibility index (Phi) is 6.26. The van der Waals surface area contributed by atoms with Gasteiger partial charge in [-0.15, -0.1) is 0 Å². The number of primary amides is 1. The van der Waals surface area contributed by atoms with E-state index in [1.807, 2.05) is 36.4 Å². The fourth-order valence-corrected chi connectivity index (χ4v) is 2.40. The van der Waals surface area contributed by atoms with E-state index in [0.29, 0.717) is 37.0 Å². The maximum absolute atomic E-state index is 11.3. The molecule has 2 aromatic rings. The summed E-state index contributed by atoms with van der Waals surface area (Å²) in [6, 6.07) is 14.8. The van der Waals surface area contributed by atoms with Crippen molar-refractivity contribution in [2.75, 3.05) is 13.1 Å². The number of benzene rings is 2. The molecule has 5 nitrogen and oxygen atoms in total. The van der Waals surface area contributed by atoms with Crippen molar-refractivity contribution in [2.24, 2.45) is 11.5 Å². The Morgan fingerprint density at radius 2 is 1.87 bits per heavy atom. The molecule has 0 spiro atoms. The highest BCUT2D eigenvalue weighted by atomic mass is 35.5. The molecule has 0 bridgehead atoms. The van der Waals surface area contributed by atoms with Gasteiger partial charge in [0.15, 0.2) is 0 Å². The summed E-state index contributed by atoms with van der Waals surface area (Å²) >= 11 is 6.25. The minimum absolute atomic E-state index is 0.356. The normalized spacial score (nSPS) is 10.3. The zero-order valence-electron chi connectivity index (χ0n) is 12.7. The summed E-state index contributed by atoms with van der Waals surface area (Å²) in [5, 5.41) is 0.496. The van der Waals surface area contributed by atoms with E-state index >= 15 is 0 Å². The monoisotopic (exact) mass is 333 g/mol. The van der Waals surface area contributed by atoms with Gasteiger partial charge in [0.2, 0.25) is 0 Å². The van der Waals surface area contributed by atoms with Crippen molar-refractivity contribution in [1.29, 1.82) is 0 Å². The molecule has 122 valence electrons. The third-order valence-corrected chi connectivity index (χ3v) is 3.61. The van der Waals surface area contributed by atoms with E-state index in [1.165, 1.54) is 4.90 Å². The molecule has 0 heterocycles. The zero-order valence-corrected chi connectivity index (χ0v) is 13.5. The first kappa shape index (κ1) is 17.1. The molecule has 2 aromatic carbocycles. The quantitative estimate of drug-likeness (QED) is 0.817. The van der Waals surface area contributed by atoms with E-state index in [-0.39, 0.29) is 0 Å². The van der Waals surface area contributed by atoms with Gasteiger partial charge in [0.25, 0.3) is 0 Å². The van der Waals surface area contributed by atoms with Crippen LogP contribution < -0.4 is 16.2 Å². The third kappa shape index (κ3) is 5.16. The van der Waals surface area contributed by atoms with Gasteiger partial charge in [0.1, 0.15) is 12.4 Å². The Morgan fingerprint density at radius 1 is 1.13 bits per heavy atom. The Balaban J connectivity index is 2.01. The van der Waals surface area contributed by atoms with Gasteiger partial charge >= 0.3 is 6.03 Å². The van der Waals surface area contributed by atoms with Crippen LogP contribution in [-0.2, 0) is 13.2 Å². The van der Waals surface area contributed by atoms with Crippen LogP contribution in [0.4, 0.5) is 4.79 Å². The Bertz CT molecular complexity index is 650. The van der Waals surface area contributed by atoms with Crippen molar-refractivity contribution in [3.05, 3.63) is 64.7 Å². The summed E-state index contributed by atoms with van der Waals surface area (Å²) in [5.74, 6) is 0.601. The van der Waals surface area contributed by atoms with Crippen LogP contribution in [0.15, 0.2) is 48.5 Å². The number of nitrogens with two attached hydrogens (primary N) is 2. The second kappa shape index (κ2) is 8.41. The molecule has 0 aromatic heterocycles. The highest BCUT2D eigenvalue weighted by Crippen LogP contribution is 2.26. The van der Waals surface area contributed by atoms with Gasteiger partial charge in [-0.2, -0.15) is 0 Å². The molecule has 0 aliphatic carbocycles. The Morgan fingerprint density at radius 3 is 2.48 bits per heavy atom. The lowest BCUT2D eigenvalue weighted by Crippen LogP contribution is -2.38. The molecular formula is C17H20ClN3O2. The smallest absolute Gasteiger partial charge is 0.315 e. The van der Waals surface area contributed by atoms with Crippen molar-refractivity contribution in [2.45, 2.75) is 13.2 Å². The van der Waals surface area contributed by atoms with Crippen LogP contribution in [0, 0.1) is 0 Å². The SMILES string of the molecule is NCCN(Cc1ccc(OCc2ccccc2)c(Cl)c1)C(N)=O. The number of hydrogen-bond donors (Lipinski definition) is 2. The standard InChI is InChI=1S/C17H20ClN3O2/c18-15-10-14(11-21(9-8-19)17(20)22)6-7-16(15)23-12-13-4-2-1-3-5-13/h1-7,10H,8-9,11-12,19H2,(H2,20,22). The summed E-state index contributed by atoms with van der Waals surface area (Å²) in [5.41, 5.74) is 12.7. The Labute approximate surface area is 140 Å². The first-order valence-corrected chi connectivity index (χ1v) is 7.67. The van der Waals surface area contributed by atoms with Crippen LogP contribution in [0.2, 0.25) is 5.02 Å². The van der Waals surface area contributed by atoms with Gasteiger partial charge < -0.3 is 21.1 Å². The maximum Gasteiger partial charge on any atom is 0.315 e. The van der Waals surface area contributed by atoms with Crippen LogP contribution in [0.25, 0.3) is 0 Å². The van der Waals surface area contributed by atoms with Crippen LogP contribution in [-0.4, -0.2) is 24.0 Å². The Hall–Kier alpha value is -2.24. The van der Waals surface area contributed by atoms with Gasteiger partial charge in [0, 0.05) is 19.6 Å². The van der Waals surface area contributed by atoms with Gasteiger partial charge in [0.05, 0.1) is 5.02 Å². The van der Waals surface area contributed by atoms with Gasteiger partial charge in [-0.3, -0.25) is 0 Å². The van der Waals surface area contributed by atoms with Gasteiger partial charge in [-0.05, 0) is 23.3 Å². The molecule has 2 rings (SSSR count). The van der Waals surface area contributed by atoms with E-state index in [9.17, 15) is 4.79 Å². The number of ether oxygens (including phenoxy) is 1. The third-order valence-electron chi connectivity index (χ3n) is 3.32. The topological polar surface area (TPSA) is 81.6 Å². The molecule has 23 heavy (non-hydrogen) atoms. The van der Waals surface area contributed by atoms with Crippen LogP contribution in [0.3, 0.4) is 0 Å². The molecule has 0 saturated carbocycles. The number of urea groups is 1. The van der Waals surface area contributed by atoms with E-state index in [2.05, 4.69) is 0 Å². The largest absolute Gasteiger partial charge is 0.487 e. The lowest BCUT2D eigenvalue weighted by Gasteiger charge is -2.20. The van der Waals surface area contributed by atoms with Crippen molar-refractivity contribution in [1.82, 2.24) is 4.90 Å². The molecule has 0 atom stereocenters. The fourth-order valence-electron chi connectivity index (χ4n) is 2.14. The molecule has 6 heteroatoms. The first-order chi connectivity index (χ1) is 11.1. The van der Waals surface area contributed by atoms with E-state index < -0.39 is 6.03 Å². The molecule has 0 fully saturated rings. The minimum Gasteiger partial charge on any atom is -0.487 e. The number of carbonyl (C=O) groups is 1.